The summed E-state index contributed by atoms with van der Waals surface area (Å²) in [5, 5.41) is 9.97. The van der Waals surface area contributed by atoms with Crippen molar-refractivity contribution in [3.63, 3.8) is 0 Å². The molecule has 0 aliphatic heterocycles. The summed E-state index contributed by atoms with van der Waals surface area (Å²) in [5.74, 6) is -0.588. The smallest absolute Gasteiger partial charge is 0.337 e. The quantitative estimate of drug-likeness (QED) is 0.915. The molecule has 0 radical (unpaired) electrons. The molecule has 0 aliphatic rings. The second-order valence-corrected chi connectivity index (χ2v) is 4.66. The zero-order valence-corrected chi connectivity index (χ0v) is 11.5. The van der Waals surface area contributed by atoms with Crippen LogP contribution in [0.2, 0.25) is 10.0 Å². The van der Waals surface area contributed by atoms with Crippen LogP contribution in [-0.2, 0) is 0 Å². The van der Waals surface area contributed by atoms with Gasteiger partial charge in [-0.1, -0.05) is 35.3 Å². The van der Waals surface area contributed by atoms with Crippen molar-refractivity contribution in [3.8, 4) is 16.9 Å². The Hall–Kier alpha value is -1.71. The Kier molecular flexibility index (Phi) is 3.98. The van der Waals surface area contributed by atoms with Crippen LogP contribution in [0, 0.1) is 0 Å². The lowest BCUT2D eigenvalue weighted by molar-refractivity contribution is 0.0698. The van der Waals surface area contributed by atoms with Crippen LogP contribution in [0.5, 0.6) is 5.75 Å². The minimum absolute atomic E-state index is 0.0461. The third-order valence-corrected chi connectivity index (χ3v) is 3.23. The van der Waals surface area contributed by atoms with Gasteiger partial charge in [0.2, 0.25) is 0 Å². The van der Waals surface area contributed by atoms with E-state index >= 15 is 0 Å². The van der Waals surface area contributed by atoms with Crippen LogP contribution < -0.4 is 4.74 Å². The maximum Gasteiger partial charge on any atom is 0.337 e. The molecule has 0 amide bonds. The highest BCUT2D eigenvalue weighted by molar-refractivity contribution is 6.34. The highest BCUT2D eigenvalue weighted by atomic mass is 35.5. The third-order valence-electron chi connectivity index (χ3n) is 2.68. The van der Waals surface area contributed by atoms with E-state index in [0.717, 1.165) is 0 Å². The highest BCUT2D eigenvalue weighted by Gasteiger charge is 2.18. The fraction of sp³-hybridized carbons (Fsp3) is 0.0714. The van der Waals surface area contributed by atoms with Crippen molar-refractivity contribution >= 4 is 29.2 Å². The molecule has 98 valence electrons. The SMILES string of the molecule is COc1cc(Cl)ccc1-c1cccc(Cl)c1C(=O)O. The lowest BCUT2D eigenvalue weighted by Crippen LogP contribution is -2.01. The van der Waals surface area contributed by atoms with E-state index < -0.39 is 5.97 Å². The van der Waals surface area contributed by atoms with Crippen molar-refractivity contribution in [2.24, 2.45) is 0 Å². The second-order valence-electron chi connectivity index (χ2n) is 3.81. The number of ether oxygens (including phenoxy) is 1. The van der Waals surface area contributed by atoms with E-state index in [1.807, 2.05) is 0 Å². The first-order valence-corrected chi connectivity index (χ1v) is 6.16. The van der Waals surface area contributed by atoms with Gasteiger partial charge in [0.05, 0.1) is 17.7 Å². The molecule has 0 aromatic heterocycles. The minimum atomic E-state index is -1.09. The lowest BCUT2D eigenvalue weighted by atomic mass is 9.99. The van der Waals surface area contributed by atoms with E-state index in [2.05, 4.69) is 0 Å². The average molecular weight is 297 g/mol. The largest absolute Gasteiger partial charge is 0.496 e. The van der Waals surface area contributed by atoms with E-state index in [0.29, 0.717) is 21.9 Å². The minimum Gasteiger partial charge on any atom is -0.496 e. The number of aromatic carboxylic acids is 1. The first-order chi connectivity index (χ1) is 9.04. The Morgan fingerprint density at radius 3 is 2.53 bits per heavy atom. The molecular formula is C14H10Cl2O3. The number of benzene rings is 2. The number of carboxylic acid groups (broad SMARTS) is 1. The van der Waals surface area contributed by atoms with Crippen molar-refractivity contribution in [1.82, 2.24) is 0 Å². The van der Waals surface area contributed by atoms with E-state index in [1.165, 1.54) is 13.2 Å². The van der Waals surface area contributed by atoms with Crippen LogP contribution in [0.3, 0.4) is 0 Å². The van der Waals surface area contributed by atoms with Gasteiger partial charge in [-0.2, -0.15) is 0 Å². The van der Waals surface area contributed by atoms with Crippen LogP contribution in [0.4, 0.5) is 0 Å². The maximum atomic E-state index is 11.3. The Morgan fingerprint density at radius 1 is 1.16 bits per heavy atom. The first kappa shape index (κ1) is 13.7. The van der Waals surface area contributed by atoms with Crippen LogP contribution >= 0.6 is 23.2 Å². The molecule has 2 aromatic rings. The van der Waals surface area contributed by atoms with Crippen molar-refractivity contribution in [1.29, 1.82) is 0 Å². The highest BCUT2D eigenvalue weighted by Crippen LogP contribution is 2.36. The number of carboxylic acids is 1. The van der Waals surface area contributed by atoms with E-state index in [-0.39, 0.29) is 10.6 Å². The molecule has 0 atom stereocenters. The van der Waals surface area contributed by atoms with E-state index in [9.17, 15) is 9.90 Å². The number of carbonyl (C=O) groups is 1. The van der Waals surface area contributed by atoms with Crippen LogP contribution in [-0.4, -0.2) is 18.2 Å². The topological polar surface area (TPSA) is 46.5 Å². The van der Waals surface area contributed by atoms with Gasteiger partial charge in [0.15, 0.2) is 0 Å². The first-order valence-electron chi connectivity index (χ1n) is 5.40. The maximum absolute atomic E-state index is 11.3. The fourth-order valence-corrected chi connectivity index (χ4v) is 2.27. The van der Waals surface area contributed by atoms with E-state index in [4.69, 9.17) is 27.9 Å². The molecule has 0 saturated heterocycles. The average Bonchev–Trinajstić information content (AvgIpc) is 2.37. The predicted octanol–water partition coefficient (Wildman–Crippen LogP) is 4.37. The summed E-state index contributed by atoms with van der Waals surface area (Å²) in [6, 6.07) is 9.92. The van der Waals surface area contributed by atoms with Gasteiger partial charge in [0, 0.05) is 16.1 Å². The standard InChI is InChI=1S/C14H10Cl2O3/c1-19-12-7-8(15)5-6-9(12)10-3-2-4-11(16)13(10)14(17)18/h2-7H,1H3,(H,17,18). The molecule has 0 unspecified atom stereocenters. The number of hydrogen-bond acceptors (Lipinski definition) is 2. The number of methoxy groups -OCH3 is 1. The molecule has 2 rings (SSSR count). The van der Waals surface area contributed by atoms with Gasteiger partial charge in [-0.05, 0) is 24.3 Å². The molecule has 0 aliphatic carbocycles. The van der Waals surface area contributed by atoms with Gasteiger partial charge >= 0.3 is 5.97 Å². The van der Waals surface area contributed by atoms with Crippen molar-refractivity contribution in [2.45, 2.75) is 0 Å². The summed E-state index contributed by atoms with van der Waals surface area (Å²) in [7, 11) is 1.50. The molecule has 0 spiro atoms. The Morgan fingerprint density at radius 2 is 1.89 bits per heavy atom. The Labute approximate surface area is 120 Å². The van der Waals surface area contributed by atoms with Gasteiger partial charge in [-0.25, -0.2) is 4.79 Å². The molecule has 0 heterocycles. The molecule has 3 nitrogen and oxygen atoms in total. The molecule has 19 heavy (non-hydrogen) atoms. The zero-order valence-electron chi connectivity index (χ0n) is 9.98. The van der Waals surface area contributed by atoms with Crippen molar-refractivity contribution in [3.05, 3.63) is 52.0 Å². The molecule has 2 aromatic carbocycles. The van der Waals surface area contributed by atoms with E-state index in [1.54, 1.807) is 30.3 Å². The van der Waals surface area contributed by atoms with Gasteiger partial charge in [-0.3, -0.25) is 0 Å². The monoisotopic (exact) mass is 296 g/mol. The lowest BCUT2D eigenvalue weighted by Gasteiger charge is -2.12. The summed E-state index contributed by atoms with van der Waals surface area (Å²) in [4.78, 5) is 11.3. The van der Waals surface area contributed by atoms with Gasteiger partial charge in [-0.15, -0.1) is 0 Å². The summed E-state index contributed by atoms with van der Waals surface area (Å²) in [6.07, 6.45) is 0. The van der Waals surface area contributed by atoms with Gasteiger partial charge in [0.25, 0.3) is 0 Å². The van der Waals surface area contributed by atoms with Gasteiger partial charge < -0.3 is 9.84 Å². The predicted molar refractivity (Wildman–Crippen MR) is 75.4 cm³/mol. The Balaban J connectivity index is 2.72. The number of rotatable bonds is 3. The summed E-state index contributed by atoms with van der Waals surface area (Å²) in [5.41, 5.74) is 1.17. The number of halogens is 2. The van der Waals surface area contributed by atoms with Crippen LogP contribution in [0.15, 0.2) is 36.4 Å². The normalized spacial score (nSPS) is 10.3. The molecule has 0 saturated carbocycles. The molecule has 5 heteroatoms. The molecular weight excluding hydrogens is 287 g/mol. The molecule has 0 fully saturated rings. The fourth-order valence-electron chi connectivity index (χ4n) is 1.85. The molecule has 0 bridgehead atoms. The number of hydrogen-bond donors (Lipinski definition) is 1. The third kappa shape index (κ3) is 2.67. The zero-order chi connectivity index (χ0) is 14.0. The van der Waals surface area contributed by atoms with Crippen LogP contribution in [0.25, 0.3) is 11.1 Å². The summed E-state index contributed by atoms with van der Waals surface area (Å²) in [6.45, 7) is 0. The van der Waals surface area contributed by atoms with Crippen molar-refractivity contribution in [2.75, 3.05) is 7.11 Å². The second kappa shape index (κ2) is 5.51. The Bertz CT molecular complexity index is 639. The molecule has 1 N–H and O–H groups in total. The van der Waals surface area contributed by atoms with Crippen molar-refractivity contribution < 1.29 is 14.6 Å². The van der Waals surface area contributed by atoms with Gasteiger partial charge in [0.1, 0.15) is 5.75 Å². The summed E-state index contributed by atoms with van der Waals surface area (Å²) < 4.78 is 5.23. The summed E-state index contributed by atoms with van der Waals surface area (Å²) >= 11 is 11.8. The van der Waals surface area contributed by atoms with Crippen LogP contribution in [0.1, 0.15) is 10.4 Å².